The van der Waals surface area contributed by atoms with E-state index < -0.39 is 0 Å². The first-order valence-corrected chi connectivity index (χ1v) is 9.69. The van der Waals surface area contributed by atoms with Crippen LogP contribution in [0.5, 0.6) is 0 Å². The van der Waals surface area contributed by atoms with Crippen molar-refractivity contribution in [1.29, 1.82) is 0 Å². The molecule has 1 amide bonds. The summed E-state index contributed by atoms with van der Waals surface area (Å²) in [5, 5.41) is 9.65. The number of benzene rings is 2. The fourth-order valence-corrected chi connectivity index (χ4v) is 3.91. The zero-order valence-corrected chi connectivity index (χ0v) is 18.7. The van der Waals surface area contributed by atoms with Gasteiger partial charge in [0.2, 0.25) is 5.91 Å². The van der Waals surface area contributed by atoms with E-state index >= 15 is 0 Å². The van der Waals surface area contributed by atoms with Gasteiger partial charge < -0.3 is 16.0 Å². The van der Waals surface area contributed by atoms with Crippen LogP contribution >= 0.6 is 24.0 Å². The average Bonchev–Trinajstić information content (AvgIpc) is 3.49. The second-order valence-electron chi connectivity index (χ2n) is 7.63. The molecule has 1 saturated carbocycles. The van der Waals surface area contributed by atoms with Crippen LogP contribution < -0.4 is 16.0 Å². The number of amides is 1. The molecule has 4 rings (SSSR count). The zero-order valence-electron chi connectivity index (χ0n) is 16.4. The second-order valence-corrected chi connectivity index (χ2v) is 7.63. The molecule has 1 aliphatic carbocycles. The smallest absolute Gasteiger partial charge is 0.225 e. The highest BCUT2D eigenvalue weighted by Crippen LogP contribution is 2.47. The maximum Gasteiger partial charge on any atom is 0.225 e. The SMILES string of the molecule is CN=C(NCC1CC(=O)Nc2ccccc21)NCC1(c2cccc(F)c2)CC1.I. The predicted octanol–water partition coefficient (Wildman–Crippen LogP) is 3.77. The molecule has 1 unspecified atom stereocenters. The first-order valence-electron chi connectivity index (χ1n) is 9.69. The molecular weight excluding hydrogens is 482 g/mol. The molecule has 3 N–H and O–H groups in total. The van der Waals surface area contributed by atoms with Gasteiger partial charge >= 0.3 is 0 Å². The lowest BCUT2D eigenvalue weighted by Crippen LogP contribution is -2.43. The van der Waals surface area contributed by atoms with Gasteiger partial charge in [-0.15, -0.1) is 24.0 Å². The Kier molecular flexibility index (Phi) is 6.77. The number of guanidine groups is 1. The van der Waals surface area contributed by atoms with Crippen molar-refractivity contribution >= 4 is 41.5 Å². The van der Waals surface area contributed by atoms with Crippen molar-refractivity contribution in [3.63, 3.8) is 0 Å². The number of hydrogen-bond donors (Lipinski definition) is 3. The molecule has 1 heterocycles. The lowest BCUT2D eigenvalue weighted by Gasteiger charge is -2.26. The Hall–Kier alpha value is -2.16. The zero-order chi connectivity index (χ0) is 19.6. The van der Waals surface area contributed by atoms with Gasteiger partial charge in [0.05, 0.1) is 0 Å². The van der Waals surface area contributed by atoms with Gasteiger partial charge in [-0.05, 0) is 42.2 Å². The van der Waals surface area contributed by atoms with E-state index in [1.165, 1.54) is 6.07 Å². The molecule has 1 fully saturated rings. The first-order chi connectivity index (χ1) is 13.6. The third-order valence-corrected chi connectivity index (χ3v) is 5.73. The van der Waals surface area contributed by atoms with Crippen molar-refractivity contribution in [3.05, 3.63) is 65.5 Å². The van der Waals surface area contributed by atoms with E-state index in [2.05, 4.69) is 27.0 Å². The number of halogens is 2. The third kappa shape index (κ3) is 4.88. The van der Waals surface area contributed by atoms with Gasteiger partial charge in [-0.25, -0.2) is 4.39 Å². The van der Waals surface area contributed by atoms with Crippen LogP contribution in [0, 0.1) is 5.82 Å². The van der Waals surface area contributed by atoms with Gasteiger partial charge in [0.15, 0.2) is 5.96 Å². The van der Waals surface area contributed by atoms with Crippen LogP contribution in [0.4, 0.5) is 10.1 Å². The van der Waals surface area contributed by atoms with Crippen molar-refractivity contribution in [2.75, 3.05) is 25.5 Å². The quantitative estimate of drug-likeness (QED) is 0.328. The number of hydrogen-bond acceptors (Lipinski definition) is 2. The largest absolute Gasteiger partial charge is 0.356 e. The Labute approximate surface area is 187 Å². The number of rotatable bonds is 5. The van der Waals surface area contributed by atoms with Crippen molar-refractivity contribution in [1.82, 2.24) is 10.6 Å². The first kappa shape index (κ1) is 21.5. The molecule has 1 aliphatic heterocycles. The predicted molar refractivity (Wildman–Crippen MR) is 125 cm³/mol. The Morgan fingerprint density at radius 2 is 2.00 bits per heavy atom. The van der Waals surface area contributed by atoms with Gasteiger partial charge in [-0.3, -0.25) is 9.79 Å². The van der Waals surface area contributed by atoms with Crippen LogP contribution in [0.25, 0.3) is 0 Å². The van der Waals surface area contributed by atoms with E-state index in [1.54, 1.807) is 19.2 Å². The molecule has 0 spiro atoms. The third-order valence-electron chi connectivity index (χ3n) is 5.73. The minimum atomic E-state index is -0.194. The van der Waals surface area contributed by atoms with Gasteiger partial charge in [-0.2, -0.15) is 0 Å². The number of fused-ring (bicyclic) bond motifs is 1. The number of carbonyl (C=O) groups is 1. The van der Waals surface area contributed by atoms with E-state index in [1.807, 2.05) is 24.3 Å². The minimum Gasteiger partial charge on any atom is -0.356 e. The summed E-state index contributed by atoms with van der Waals surface area (Å²) in [4.78, 5) is 16.3. The summed E-state index contributed by atoms with van der Waals surface area (Å²) in [6, 6.07) is 14.8. The van der Waals surface area contributed by atoms with Crippen LogP contribution in [0.2, 0.25) is 0 Å². The molecule has 5 nitrogen and oxygen atoms in total. The van der Waals surface area contributed by atoms with E-state index in [0.717, 1.165) is 29.7 Å². The molecule has 0 saturated heterocycles. The highest BCUT2D eigenvalue weighted by Gasteiger charge is 2.44. The van der Waals surface area contributed by atoms with Gasteiger partial charge in [0.25, 0.3) is 0 Å². The number of para-hydroxylation sites is 1. The monoisotopic (exact) mass is 508 g/mol. The second kappa shape index (κ2) is 9.11. The number of carbonyl (C=O) groups excluding carboxylic acids is 1. The molecule has 1 atom stereocenters. The molecule has 2 aromatic carbocycles. The van der Waals surface area contributed by atoms with Gasteiger partial charge in [0, 0.05) is 43.6 Å². The molecule has 0 aromatic heterocycles. The molecule has 0 bridgehead atoms. The lowest BCUT2D eigenvalue weighted by molar-refractivity contribution is -0.116. The van der Waals surface area contributed by atoms with E-state index in [0.29, 0.717) is 25.5 Å². The molecule has 0 radical (unpaired) electrons. The number of nitrogens with one attached hydrogen (secondary N) is 3. The van der Waals surface area contributed by atoms with Crippen molar-refractivity contribution in [2.24, 2.45) is 4.99 Å². The Morgan fingerprint density at radius 1 is 1.21 bits per heavy atom. The molecule has 2 aromatic rings. The van der Waals surface area contributed by atoms with Crippen LogP contribution in [0.3, 0.4) is 0 Å². The maximum absolute atomic E-state index is 13.6. The standard InChI is InChI=1S/C22H25FN4O.HI/c1-24-21(26-14-22(9-10-22)16-5-4-6-17(23)12-16)25-13-15-11-20(28)27-19-8-3-2-7-18(15)19;/h2-8,12,15H,9-11,13-14H2,1H3,(H,27,28)(H2,24,25,26);1H. The Morgan fingerprint density at radius 3 is 2.72 bits per heavy atom. The van der Waals surface area contributed by atoms with Crippen molar-refractivity contribution in [2.45, 2.75) is 30.6 Å². The summed E-state index contributed by atoms with van der Waals surface area (Å²) >= 11 is 0. The normalized spacial score (nSPS) is 19.4. The molecule has 29 heavy (non-hydrogen) atoms. The Bertz CT molecular complexity index is 913. The van der Waals surface area contributed by atoms with Crippen LogP contribution in [0.1, 0.15) is 36.3 Å². The van der Waals surface area contributed by atoms with E-state index in [4.69, 9.17) is 0 Å². The summed E-state index contributed by atoms with van der Waals surface area (Å²) in [5.74, 6) is 0.643. The summed E-state index contributed by atoms with van der Waals surface area (Å²) in [5.41, 5.74) is 3.05. The molecule has 154 valence electrons. The highest BCUT2D eigenvalue weighted by atomic mass is 127. The Balaban J connectivity index is 0.00000240. The van der Waals surface area contributed by atoms with E-state index in [-0.39, 0.29) is 47.0 Å². The van der Waals surface area contributed by atoms with E-state index in [9.17, 15) is 9.18 Å². The summed E-state index contributed by atoms with van der Waals surface area (Å²) in [6.45, 7) is 1.33. The minimum absolute atomic E-state index is 0. The highest BCUT2D eigenvalue weighted by molar-refractivity contribution is 14.0. The van der Waals surface area contributed by atoms with Gasteiger partial charge in [0.1, 0.15) is 5.82 Å². The molecular formula is C22H26FIN4O. The number of anilines is 1. The molecule has 7 heteroatoms. The summed E-state index contributed by atoms with van der Waals surface area (Å²) in [6.07, 6.45) is 2.53. The van der Waals surface area contributed by atoms with Crippen molar-refractivity contribution in [3.8, 4) is 0 Å². The summed E-state index contributed by atoms with van der Waals surface area (Å²) < 4.78 is 13.6. The average molecular weight is 508 g/mol. The fraction of sp³-hybridized carbons (Fsp3) is 0.364. The van der Waals surface area contributed by atoms with Crippen LogP contribution in [-0.2, 0) is 10.2 Å². The molecule has 2 aliphatic rings. The lowest BCUT2D eigenvalue weighted by atomic mass is 9.90. The fourth-order valence-electron chi connectivity index (χ4n) is 3.91. The topological polar surface area (TPSA) is 65.5 Å². The van der Waals surface area contributed by atoms with Crippen molar-refractivity contribution < 1.29 is 9.18 Å². The van der Waals surface area contributed by atoms with Gasteiger partial charge in [-0.1, -0.05) is 30.3 Å². The summed E-state index contributed by atoms with van der Waals surface area (Å²) in [7, 11) is 1.73. The number of aliphatic imine (C=N–C) groups is 1. The van der Waals surface area contributed by atoms with Crippen LogP contribution in [0.15, 0.2) is 53.5 Å². The van der Waals surface area contributed by atoms with Crippen LogP contribution in [-0.4, -0.2) is 32.0 Å². The maximum atomic E-state index is 13.6. The number of nitrogens with zero attached hydrogens (tertiary/aromatic N) is 1.